The molecule has 0 unspecified atom stereocenters. The molecule has 2 rings (SSSR count). The monoisotopic (exact) mass is 370 g/mol. The number of rotatable bonds is 3. The minimum Gasteiger partial charge on any atom is -0.507 e. The predicted octanol–water partition coefficient (Wildman–Crippen LogP) is 1.79. The molecule has 0 aliphatic carbocycles. The number of hydrazone groups is 1. The van der Waals surface area contributed by atoms with E-state index in [-0.39, 0.29) is 11.4 Å². The number of nitrogens with one attached hydrogen (secondary N) is 2. The first-order valence-corrected chi connectivity index (χ1v) is 6.48. The molecule has 2 aromatic rings. The standard InChI is InChI=1S/C12H11IN4O2/c1-7-4-10(16-15-7)12(19)17-14-6-8-5-9(13)2-3-11(8)18/h2-6,18H,1H3,(H,15,16)(H,17,19)/b14-6-. The number of carbonyl (C=O) groups is 1. The van der Waals surface area contributed by atoms with Crippen molar-refractivity contribution in [1.82, 2.24) is 15.6 Å². The molecular weight excluding hydrogens is 359 g/mol. The molecule has 0 saturated carbocycles. The molecule has 1 aromatic heterocycles. The highest BCUT2D eigenvalue weighted by Crippen LogP contribution is 2.17. The zero-order valence-electron chi connectivity index (χ0n) is 10.0. The Hall–Kier alpha value is -1.90. The van der Waals surface area contributed by atoms with Crippen LogP contribution in [-0.2, 0) is 0 Å². The van der Waals surface area contributed by atoms with E-state index >= 15 is 0 Å². The number of nitrogens with zero attached hydrogens (tertiary/aromatic N) is 2. The highest BCUT2D eigenvalue weighted by atomic mass is 127. The van der Waals surface area contributed by atoms with E-state index in [1.807, 2.05) is 0 Å². The van der Waals surface area contributed by atoms with E-state index in [1.54, 1.807) is 31.2 Å². The second-order valence-electron chi connectivity index (χ2n) is 3.84. The molecule has 0 atom stereocenters. The molecule has 1 aromatic carbocycles. The fourth-order valence-corrected chi connectivity index (χ4v) is 1.90. The summed E-state index contributed by atoms with van der Waals surface area (Å²) < 4.78 is 0.964. The van der Waals surface area contributed by atoms with Crippen molar-refractivity contribution in [3.05, 3.63) is 44.8 Å². The summed E-state index contributed by atoms with van der Waals surface area (Å²) in [5.41, 5.74) is 3.94. The smallest absolute Gasteiger partial charge is 0.291 e. The Morgan fingerprint density at radius 3 is 3.00 bits per heavy atom. The number of hydrogen-bond acceptors (Lipinski definition) is 4. The van der Waals surface area contributed by atoms with Crippen LogP contribution in [0.4, 0.5) is 0 Å². The summed E-state index contributed by atoms with van der Waals surface area (Å²) in [6, 6.07) is 6.72. The van der Waals surface area contributed by atoms with Gasteiger partial charge in [-0.15, -0.1) is 0 Å². The summed E-state index contributed by atoms with van der Waals surface area (Å²) in [6.07, 6.45) is 1.38. The van der Waals surface area contributed by atoms with Gasteiger partial charge in [0, 0.05) is 14.8 Å². The maximum Gasteiger partial charge on any atom is 0.291 e. The van der Waals surface area contributed by atoms with Crippen molar-refractivity contribution in [2.24, 2.45) is 5.10 Å². The van der Waals surface area contributed by atoms with Crippen molar-refractivity contribution in [1.29, 1.82) is 0 Å². The Kier molecular flexibility index (Phi) is 4.15. The number of hydrogen-bond donors (Lipinski definition) is 3. The Morgan fingerprint density at radius 1 is 1.53 bits per heavy atom. The first-order chi connectivity index (χ1) is 9.06. The SMILES string of the molecule is Cc1cc(C(=O)N/N=C\c2cc(I)ccc2O)n[nH]1. The summed E-state index contributed by atoms with van der Waals surface area (Å²) in [6.45, 7) is 1.80. The zero-order valence-corrected chi connectivity index (χ0v) is 12.2. The van der Waals surface area contributed by atoms with Gasteiger partial charge >= 0.3 is 0 Å². The Bertz CT molecular complexity index is 636. The Labute approximate surface area is 123 Å². The summed E-state index contributed by atoms with van der Waals surface area (Å²) in [4.78, 5) is 11.6. The third-order valence-electron chi connectivity index (χ3n) is 2.30. The molecule has 0 radical (unpaired) electrons. The predicted molar refractivity (Wildman–Crippen MR) is 79.2 cm³/mol. The van der Waals surface area contributed by atoms with Gasteiger partial charge in [0.15, 0.2) is 5.69 Å². The van der Waals surface area contributed by atoms with Crippen LogP contribution in [0.2, 0.25) is 0 Å². The van der Waals surface area contributed by atoms with Crippen LogP contribution in [0.5, 0.6) is 5.75 Å². The summed E-state index contributed by atoms with van der Waals surface area (Å²) in [5, 5.41) is 19.9. The Morgan fingerprint density at radius 2 is 2.32 bits per heavy atom. The number of benzene rings is 1. The van der Waals surface area contributed by atoms with Crippen LogP contribution in [0.3, 0.4) is 0 Å². The normalized spacial score (nSPS) is 10.8. The number of carbonyl (C=O) groups excluding carboxylic acids is 1. The number of aromatic nitrogens is 2. The number of phenolic OH excluding ortho intramolecular Hbond substituents is 1. The fraction of sp³-hybridized carbons (Fsp3) is 0.0833. The minimum atomic E-state index is -0.411. The zero-order chi connectivity index (χ0) is 13.8. The van der Waals surface area contributed by atoms with Crippen LogP contribution < -0.4 is 5.43 Å². The van der Waals surface area contributed by atoms with Crippen LogP contribution in [0.15, 0.2) is 29.4 Å². The van der Waals surface area contributed by atoms with E-state index in [0.29, 0.717) is 5.56 Å². The first kappa shape index (κ1) is 13.5. The van der Waals surface area contributed by atoms with Gasteiger partial charge in [-0.25, -0.2) is 5.43 Å². The third-order valence-corrected chi connectivity index (χ3v) is 2.97. The van der Waals surface area contributed by atoms with Crippen LogP contribution in [-0.4, -0.2) is 27.4 Å². The highest BCUT2D eigenvalue weighted by Gasteiger charge is 2.07. The molecule has 0 spiro atoms. The number of aromatic amines is 1. The van der Waals surface area contributed by atoms with Crippen molar-refractivity contribution in [2.45, 2.75) is 6.92 Å². The first-order valence-electron chi connectivity index (χ1n) is 5.40. The molecule has 7 heteroatoms. The molecule has 1 heterocycles. The van der Waals surface area contributed by atoms with Gasteiger partial charge in [-0.1, -0.05) is 0 Å². The molecule has 0 saturated heterocycles. The lowest BCUT2D eigenvalue weighted by Gasteiger charge is -1.99. The molecule has 6 nitrogen and oxygen atoms in total. The van der Waals surface area contributed by atoms with Crippen LogP contribution in [0.1, 0.15) is 21.7 Å². The maximum absolute atomic E-state index is 11.6. The molecule has 19 heavy (non-hydrogen) atoms. The van der Waals surface area contributed by atoms with Gasteiger partial charge in [-0.2, -0.15) is 10.2 Å². The van der Waals surface area contributed by atoms with Gasteiger partial charge in [0.2, 0.25) is 0 Å². The van der Waals surface area contributed by atoms with Gasteiger partial charge in [0.1, 0.15) is 5.75 Å². The van der Waals surface area contributed by atoms with E-state index < -0.39 is 5.91 Å². The minimum absolute atomic E-state index is 0.106. The number of aryl methyl sites for hydroxylation is 1. The van der Waals surface area contributed by atoms with Crippen molar-refractivity contribution in [3.63, 3.8) is 0 Å². The van der Waals surface area contributed by atoms with Crippen molar-refractivity contribution >= 4 is 34.7 Å². The Balaban J connectivity index is 2.04. The third kappa shape index (κ3) is 3.53. The quantitative estimate of drug-likeness (QED) is 0.437. The van der Waals surface area contributed by atoms with E-state index in [9.17, 15) is 9.90 Å². The average molecular weight is 370 g/mol. The highest BCUT2D eigenvalue weighted by molar-refractivity contribution is 14.1. The largest absolute Gasteiger partial charge is 0.507 e. The van der Waals surface area contributed by atoms with E-state index in [4.69, 9.17) is 0 Å². The maximum atomic E-state index is 11.6. The second-order valence-corrected chi connectivity index (χ2v) is 5.08. The van der Waals surface area contributed by atoms with Crippen molar-refractivity contribution < 1.29 is 9.90 Å². The number of amides is 1. The van der Waals surface area contributed by atoms with Gasteiger partial charge < -0.3 is 5.11 Å². The van der Waals surface area contributed by atoms with E-state index in [2.05, 4.69) is 43.3 Å². The van der Waals surface area contributed by atoms with Crippen LogP contribution in [0.25, 0.3) is 0 Å². The van der Waals surface area contributed by atoms with Crippen LogP contribution in [0, 0.1) is 10.5 Å². The van der Waals surface area contributed by atoms with Crippen molar-refractivity contribution in [2.75, 3.05) is 0 Å². The molecule has 0 aliphatic heterocycles. The average Bonchev–Trinajstić information content (AvgIpc) is 2.80. The lowest BCUT2D eigenvalue weighted by molar-refractivity contribution is 0.0950. The summed E-state index contributed by atoms with van der Waals surface area (Å²) in [7, 11) is 0. The van der Waals surface area contributed by atoms with E-state index in [0.717, 1.165) is 9.26 Å². The molecular formula is C12H11IN4O2. The van der Waals surface area contributed by atoms with Gasteiger partial charge in [-0.3, -0.25) is 9.89 Å². The summed E-state index contributed by atoms with van der Waals surface area (Å²) in [5.74, 6) is -0.306. The lowest BCUT2D eigenvalue weighted by atomic mass is 10.2. The fourth-order valence-electron chi connectivity index (χ4n) is 1.38. The van der Waals surface area contributed by atoms with Gasteiger partial charge in [-0.05, 0) is 53.8 Å². The molecule has 0 bridgehead atoms. The lowest BCUT2D eigenvalue weighted by Crippen LogP contribution is -2.18. The summed E-state index contributed by atoms with van der Waals surface area (Å²) >= 11 is 2.13. The van der Waals surface area contributed by atoms with Gasteiger partial charge in [0.25, 0.3) is 5.91 Å². The number of H-pyrrole nitrogens is 1. The molecule has 0 fully saturated rings. The second kappa shape index (κ2) is 5.83. The number of phenols is 1. The molecule has 1 amide bonds. The number of halogens is 1. The molecule has 98 valence electrons. The van der Waals surface area contributed by atoms with Crippen molar-refractivity contribution in [3.8, 4) is 5.75 Å². The molecule has 0 aliphatic rings. The topological polar surface area (TPSA) is 90.4 Å². The van der Waals surface area contributed by atoms with E-state index in [1.165, 1.54) is 6.21 Å². The van der Waals surface area contributed by atoms with Gasteiger partial charge in [0.05, 0.1) is 6.21 Å². The molecule has 3 N–H and O–H groups in total. The van der Waals surface area contributed by atoms with Crippen LogP contribution >= 0.6 is 22.6 Å². The number of aromatic hydroxyl groups is 1.